The predicted molar refractivity (Wildman–Crippen MR) is 158 cm³/mol. The number of halogens is 2. The van der Waals surface area contributed by atoms with Crippen LogP contribution < -0.4 is 15.5 Å². The van der Waals surface area contributed by atoms with Crippen molar-refractivity contribution in [1.82, 2.24) is 4.98 Å². The van der Waals surface area contributed by atoms with Gasteiger partial charge in [-0.1, -0.05) is 48.5 Å². The number of carbonyl (C=O) groups is 2. The van der Waals surface area contributed by atoms with Crippen molar-refractivity contribution < 1.29 is 9.59 Å². The van der Waals surface area contributed by atoms with Gasteiger partial charge in [-0.25, -0.2) is 4.98 Å². The summed E-state index contributed by atoms with van der Waals surface area (Å²) in [4.78, 5) is 36.8. The second-order valence-corrected chi connectivity index (χ2v) is 9.02. The third-order valence-electron chi connectivity index (χ3n) is 6.68. The Morgan fingerprint density at radius 2 is 1.66 bits per heavy atom. The van der Waals surface area contributed by atoms with Crippen molar-refractivity contribution in [2.45, 2.75) is 12.8 Å². The molecule has 0 radical (unpaired) electrons. The van der Waals surface area contributed by atoms with Gasteiger partial charge in [0.25, 0.3) is 5.91 Å². The summed E-state index contributed by atoms with van der Waals surface area (Å²) in [5, 5.41) is 8.07. The fourth-order valence-corrected chi connectivity index (χ4v) is 4.93. The quantitative estimate of drug-likeness (QED) is 0.342. The molecule has 7 nitrogen and oxygen atoms in total. The highest BCUT2D eigenvalue weighted by atomic mass is 35.5. The van der Waals surface area contributed by atoms with E-state index in [-0.39, 0.29) is 43.2 Å². The molecule has 0 saturated carbocycles. The summed E-state index contributed by atoms with van der Waals surface area (Å²) in [7, 11) is 0. The van der Waals surface area contributed by atoms with E-state index in [2.05, 4.69) is 25.5 Å². The number of nitrogens with one attached hydrogen (secondary N) is 2. The third-order valence-corrected chi connectivity index (χ3v) is 6.68. The van der Waals surface area contributed by atoms with Gasteiger partial charge in [-0.15, -0.1) is 24.8 Å². The number of anilines is 3. The van der Waals surface area contributed by atoms with Gasteiger partial charge in [-0.3, -0.25) is 14.6 Å². The van der Waals surface area contributed by atoms with Crippen molar-refractivity contribution in [2.75, 3.05) is 35.2 Å². The van der Waals surface area contributed by atoms with E-state index in [0.717, 1.165) is 65.0 Å². The summed E-state index contributed by atoms with van der Waals surface area (Å²) in [6.45, 7) is 1.89. The average Bonchev–Trinajstić information content (AvgIpc) is 3.39. The molecule has 2 aliphatic heterocycles. The average molecular weight is 548 g/mol. The van der Waals surface area contributed by atoms with Crippen LogP contribution in [0.25, 0.3) is 10.8 Å². The van der Waals surface area contributed by atoms with E-state index in [4.69, 9.17) is 0 Å². The van der Waals surface area contributed by atoms with Crippen molar-refractivity contribution in [3.05, 3.63) is 95.7 Å². The minimum Gasteiger partial charge on any atom is -0.356 e. The van der Waals surface area contributed by atoms with Crippen LogP contribution in [-0.2, 0) is 4.79 Å². The Morgan fingerprint density at radius 1 is 0.895 bits per heavy atom. The van der Waals surface area contributed by atoms with Crippen molar-refractivity contribution >= 4 is 70.3 Å². The number of fused-ring (bicyclic) bond motifs is 3. The van der Waals surface area contributed by atoms with Gasteiger partial charge in [0, 0.05) is 41.5 Å². The molecule has 0 aliphatic carbocycles. The third kappa shape index (κ3) is 5.21. The number of aromatic nitrogens is 1. The first-order valence-corrected chi connectivity index (χ1v) is 12.2. The molecule has 0 bridgehead atoms. The Labute approximate surface area is 233 Å². The molecule has 3 aromatic carbocycles. The van der Waals surface area contributed by atoms with E-state index >= 15 is 0 Å². The van der Waals surface area contributed by atoms with Gasteiger partial charge in [0.2, 0.25) is 5.91 Å². The van der Waals surface area contributed by atoms with E-state index in [1.165, 1.54) is 0 Å². The SMILES string of the molecule is Cl.Cl.O=C1CN=C(c2ccc(NC(=O)c3cccnc3N3CCCC3)cc2)c2ccc3ccccc3c2N1. The maximum atomic E-state index is 13.1. The molecule has 1 aromatic heterocycles. The summed E-state index contributed by atoms with van der Waals surface area (Å²) in [5.74, 6) is 0.408. The molecule has 9 heteroatoms. The van der Waals surface area contributed by atoms with Gasteiger partial charge in [-0.05, 0) is 42.5 Å². The fraction of sp³-hybridized carbons (Fsp3) is 0.172. The highest BCUT2D eigenvalue weighted by Crippen LogP contribution is 2.31. The molecule has 194 valence electrons. The van der Waals surface area contributed by atoms with Crippen LogP contribution in [0.5, 0.6) is 0 Å². The number of carbonyl (C=O) groups excluding carboxylic acids is 2. The molecule has 6 rings (SSSR count). The monoisotopic (exact) mass is 547 g/mol. The lowest BCUT2D eigenvalue weighted by Gasteiger charge is -2.19. The van der Waals surface area contributed by atoms with Gasteiger partial charge in [0.15, 0.2) is 0 Å². The molecule has 1 saturated heterocycles. The normalized spacial score (nSPS) is 14.4. The molecule has 0 unspecified atom stereocenters. The van der Waals surface area contributed by atoms with Crippen molar-refractivity contribution in [3.63, 3.8) is 0 Å². The largest absolute Gasteiger partial charge is 0.356 e. The number of amides is 2. The first-order chi connectivity index (χ1) is 17.7. The standard InChI is InChI=1S/C29H25N5O2.2ClH/c35-25-18-31-26(23-14-11-19-6-1-2-7-22(19)27(23)33-25)20-9-12-21(13-10-20)32-29(36)24-8-5-15-30-28(24)34-16-3-4-17-34;;/h1-2,5-15H,3-4,16-18H2,(H,32,36)(H,33,35);2*1H. The fourth-order valence-electron chi connectivity index (χ4n) is 4.93. The second-order valence-electron chi connectivity index (χ2n) is 9.02. The number of aliphatic imine (C=N–C) groups is 1. The Balaban J connectivity index is 0.00000168. The molecule has 3 heterocycles. The summed E-state index contributed by atoms with van der Waals surface area (Å²) >= 11 is 0. The summed E-state index contributed by atoms with van der Waals surface area (Å²) < 4.78 is 0. The molecule has 2 amide bonds. The molecule has 2 N–H and O–H groups in total. The minimum atomic E-state index is -0.184. The predicted octanol–water partition coefficient (Wildman–Crippen LogP) is 5.72. The lowest BCUT2D eigenvalue weighted by molar-refractivity contribution is -0.114. The Hall–Kier alpha value is -3.94. The van der Waals surface area contributed by atoms with Crippen LogP contribution in [0.1, 0.15) is 34.3 Å². The first kappa shape index (κ1) is 27.1. The molecule has 0 spiro atoms. The highest BCUT2D eigenvalue weighted by Gasteiger charge is 2.22. The Kier molecular flexibility index (Phi) is 8.29. The van der Waals surface area contributed by atoms with Crippen molar-refractivity contribution in [3.8, 4) is 0 Å². The molecule has 38 heavy (non-hydrogen) atoms. The van der Waals surface area contributed by atoms with Gasteiger partial charge in [-0.2, -0.15) is 0 Å². The summed E-state index contributed by atoms with van der Waals surface area (Å²) in [6, 6.07) is 23.2. The lowest BCUT2D eigenvalue weighted by atomic mass is 9.96. The number of pyridine rings is 1. The number of hydrogen-bond acceptors (Lipinski definition) is 5. The van der Waals surface area contributed by atoms with E-state index in [1.807, 2.05) is 66.7 Å². The number of nitrogens with zero attached hydrogens (tertiary/aromatic N) is 3. The Morgan fingerprint density at radius 3 is 2.45 bits per heavy atom. The van der Waals surface area contributed by atoms with Crippen LogP contribution in [0.3, 0.4) is 0 Å². The molecule has 2 aliphatic rings. The maximum absolute atomic E-state index is 13.1. The molecule has 0 atom stereocenters. The van der Waals surface area contributed by atoms with Crippen LogP contribution in [-0.4, -0.2) is 42.1 Å². The van der Waals surface area contributed by atoms with Crippen molar-refractivity contribution in [1.29, 1.82) is 0 Å². The topological polar surface area (TPSA) is 86.7 Å². The minimum absolute atomic E-state index is 0. The van der Waals surface area contributed by atoms with E-state index < -0.39 is 0 Å². The number of hydrogen-bond donors (Lipinski definition) is 2. The van der Waals surface area contributed by atoms with Gasteiger partial charge in [0.1, 0.15) is 12.4 Å². The van der Waals surface area contributed by atoms with Crippen LogP contribution in [0.4, 0.5) is 17.2 Å². The highest BCUT2D eigenvalue weighted by molar-refractivity contribution is 6.23. The van der Waals surface area contributed by atoms with Crippen LogP contribution >= 0.6 is 24.8 Å². The molecule has 4 aromatic rings. The lowest BCUT2D eigenvalue weighted by Crippen LogP contribution is -2.24. The smallest absolute Gasteiger partial charge is 0.259 e. The zero-order chi connectivity index (χ0) is 24.5. The number of benzene rings is 3. The van der Waals surface area contributed by atoms with Crippen LogP contribution in [0.2, 0.25) is 0 Å². The zero-order valence-corrected chi connectivity index (χ0v) is 22.1. The second kappa shape index (κ2) is 11.6. The maximum Gasteiger partial charge on any atom is 0.259 e. The first-order valence-electron chi connectivity index (χ1n) is 12.2. The van der Waals surface area contributed by atoms with E-state index in [1.54, 1.807) is 12.3 Å². The Bertz CT molecular complexity index is 1520. The zero-order valence-electron chi connectivity index (χ0n) is 20.5. The van der Waals surface area contributed by atoms with E-state index in [9.17, 15) is 9.59 Å². The van der Waals surface area contributed by atoms with Gasteiger partial charge < -0.3 is 15.5 Å². The van der Waals surface area contributed by atoms with E-state index in [0.29, 0.717) is 11.3 Å². The van der Waals surface area contributed by atoms with Crippen LogP contribution in [0, 0.1) is 0 Å². The summed E-state index contributed by atoms with van der Waals surface area (Å²) in [6.07, 6.45) is 3.96. The van der Waals surface area contributed by atoms with Crippen LogP contribution in [0.15, 0.2) is 84.0 Å². The molecule has 1 fully saturated rings. The summed E-state index contributed by atoms with van der Waals surface area (Å²) in [5.41, 5.74) is 4.53. The van der Waals surface area contributed by atoms with Gasteiger partial charge in [0.05, 0.1) is 17.0 Å². The molecular formula is C29H27Cl2N5O2. The van der Waals surface area contributed by atoms with Crippen molar-refractivity contribution in [2.24, 2.45) is 4.99 Å². The molecular weight excluding hydrogens is 521 g/mol. The van der Waals surface area contributed by atoms with Gasteiger partial charge >= 0.3 is 0 Å². The number of rotatable bonds is 4.